The Labute approximate surface area is 116 Å². The summed E-state index contributed by atoms with van der Waals surface area (Å²) in [5, 5.41) is 0. The molecule has 17 heavy (non-hydrogen) atoms. The van der Waals surface area contributed by atoms with E-state index in [1.807, 2.05) is 26.0 Å². The summed E-state index contributed by atoms with van der Waals surface area (Å²) >= 11 is 4.80. The van der Waals surface area contributed by atoms with Crippen molar-refractivity contribution in [1.82, 2.24) is 4.90 Å². The van der Waals surface area contributed by atoms with Gasteiger partial charge in [-0.15, -0.1) is 11.3 Å². The molecule has 0 aromatic carbocycles. The molecule has 3 nitrogen and oxygen atoms in total. The Morgan fingerprint density at radius 3 is 2.76 bits per heavy atom. The lowest BCUT2D eigenvalue weighted by atomic mass is 10.2. The van der Waals surface area contributed by atoms with Crippen LogP contribution in [0, 0.1) is 0 Å². The van der Waals surface area contributed by atoms with E-state index in [1.54, 1.807) is 4.90 Å². The summed E-state index contributed by atoms with van der Waals surface area (Å²) in [6, 6.07) is 3.71. The van der Waals surface area contributed by atoms with Gasteiger partial charge in [0.25, 0.3) is 5.91 Å². The fourth-order valence-corrected chi connectivity index (χ4v) is 4.43. The van der Waals surface area contributed by atoms with Gasteiger partial charge in [0.1, 0.15) is 0 Å². The zero-order valence-electron chi connectivity index (χ0n) is 9.73. The second-order valence-corrected chi connectivity index (χ2v) is 9.31. The quantitative estimate of drug-likeness (QED) is 0.790. The second-order valence-electron chi connectivity index (χ2n) is 4.64. The first-order chi connectivity index (χ1) is 7.90. The number of halogens is 1. The zero-order chi connectivity index (χ0) is 12.6. The Morgan fingerprint density at radius 1 is 1.53 bits per heavy atom. The first kappa shape index (κ1) is 13.2. The van der Waals surface area contributed by atoms with Crippen LogP contribution in [-0.2, 0) is 10.8 Å². The molecule has 0 unspecified atom stereocenters. The number of hydrogen-bond acceptors (Lipinski definition) is 3. The largest absolute Gasteiger partial charge is 0.336 e. The Hall–Kier alpha value is -0.200. The van der Waals surface area contributed by atoms with Gasteiger partial charge in [-0.05, 0) is 41.9 Å². The molecule has 1 atom stereocenters. The van der Waals surface area contributed by atoms with Gasteiger partial charge in [0, 0.05) is 29.6 Å². The van der Waals surface area contributed by atoms with Crippen molar-refractivity contribution in [2.45, 2.75) is 18.6 Å². The molecule has 0 N–H and O–H groups in total. The summed E-state index contributed by atoms with van der Waals surface area (Å²) in [7, 11) is -0.839. The molecule has 1 aliphatic heterocycles. The second kappa shape index (κ2) is 4.82. The molecule has 0 bridgehead atoms. The lowest BCUT2D eigenvalue weighted by Crippen LogP contribution is -2.51. The minimum absolute atomic E-state index is 0.0467. The van der Waals surface area contributed by atoms with Crippen LogP contribution in [0.2, 0.25) is 0 Å². The minimum Gasteiger partial charge on any atom is -0.336 e. The van der Waals surface area contributed by atoms with Gasteiger partial charge in [-0.2, -0.15) is 0 Å². The number of rotatable bonds is 1. The number of amides is 1. The van der Waals surface area contributed by atoms with Crippen LogP contribution in [0.4, 0.5) is 0 Å². The number of carbonyl (C=O) groups excluding carboxylic acids is 1. The topological polar surface area (TPSA) is 37.4 Å². The van der Waals surface area contributed by atoms with Crippen LogP contribution >= 0.6 is 27.3 Å². The molecule has 2 heterocycles. The molecular weight excluding hydrogens is 322 g/mol. The highest BCUT2D eigenvalue weighted by atomic mass is 79.9. The van der Waals surface area contributed by atoms with Crippen molar-refractivity contribution < 1.29 is 9.00 Å². The van der Waals surface area contributed by atoms with Gasteiger partial charge >= 0.3 is 0 Å². The van der Waals surface area contributed by atoms with Crippen LogP contribution in [0.15, 0.2) is 15.9 Å². The first-order valence-electron chi connectivity index (χ1n) is 5.33. The van der Waals surface area contributed by atoms with Gasteiger partial charge in [0.05, 0.1) is 13.4 Å². The van der Waals surface area contributed by atoms with Gasteiger partial charge in [0.15, 0.2) is 0 Å². The summed E-state index contributed by atoms with van der Waals surface area (Å²) in [5.41, 5.74) is 0. The lowest BCUT2D eigenvalue weighted by Gasteiger charge is -2.37. The van der Waals surface area contributed by atoms with E-state index in [1.165, 1.54) is 11.3 Å². The van der Waals surface area contributed by atoms with E-state index in [4.69, 9.17) is 0 Å². The fraction of sp³-hybridized carbons (Fsp3) is 0.545. The van der Waals surface area contributed by atoms with E-state index in [0.29, 0.717) is 18.8 Å². The average Bonchev–Trinajstić information content (AvgIpc) is 2.68. The summed E-state index contributed by atoms with van der Waals surface area (Å²) in [5.74, 6) is 0.621. The number of carbonyl (C=O) groups is 1. The average molecular weight is 336 g/mol. The molecule has 1 aliphatic rings. The highest BCUT2D eigenvalue weighted by Gasteiger charge is 2.35. The summed E-state index contributed by atoms with van der Waals surface area (Å²) in [4.78, 5) is 14.8. The molecule has 1 fully saturated rings. The Morgan fingerprint density at radius 2 is 2.24 bits per heavy atom. The summed E-state index contributed by atoms with van der Waals surface area (Å²) in [6.45, 7) is 5.05. The third kappa shape index (κ3) is 2.80. The standard InChI is InChI=1S/C11H14BrNO2S2/c1-11(2)7-13(5-6-17(11)15)10(14)8-3-4-9(12)16-8/h3-4H,5-7H2,1-2H3/t17-/m1/s1. The van der Waals surface area contributed by atoms with Crippen LogP contribution in [0.5, 0.6) is 0 Å². The molecule has 0 aliphatic carbocycles. The van der Waals surface area contributed by atoms with Crippen LogP contribution in [0.25, 0.3) is 0 Å². The third-order valence-electron chi connectivity index (χ3n) is 2.81. The van der Waals surface area contributed by atoms with E-state index in [-0.39, 0.29) is 10.7 Å². The number of nitrogens with zero attached hydrogens (tertiary/aromatic N) is 1. The molecule has 0 spiro atoms. The highest BCUT2D eigenvalue weighted by molar-refractivity contribution is 9.11. The van der Waals surface area contributed by atoms with Crippen molar-refractivity contribution in [2.75, 3.05) is 18.8 Å². The van der Waals surface area contributed by atoms with Crippen molar-refractivity contribution in [3.63, 3.8) is 0 Å². The van der Waals surface area contributed by atoms with Gasteiger partial charge in [0.2, 0.25) is 0 Å². The van der Waals surface area contributed by atoms with Gasteiger partial charge < -0.3 is 4.90 Å². The van der Waals surface area contributed by atoms with E-state index in [9.17, 15) is 9.00 Å². The molecule has 1 saturated heterocycles. The normalized spacial score (nSPS) is 23.7. The smallest absolute Gasteiger partial charge is 0.264 e. The lowest BCUT2D eigenvalue weighted by molar-refractivity contribution is 0.0750. The molecule has 6 heteroatoms. The van der Waals surface area contributed by atoms with Crippen molar-refractivity contribution >= 4 is 44.0 Å². The maximum absolute atomic E-state index is 12.2. The molecule has 2 rings (SSSR count). The maximum atomic E-state index is 12.2. The van der Waals surface area contributed by atoms with Crippen LogP contribution in [-0.4, -0.2) is 38.6 Å². The summed E-state index contributed by atoms with van der Waals surface area (Å²) in [6.07, 6.45) is 0. The maximum Gasteiger partial charge on any atom is 0.264 e. The van der Waals surface area contributed by atoms with Crippen LogP contribution in [0.1, 0.15) is 23.5 Å². The van der Waals surface area contributed by atoms with E-state index >= 15 is 0 Å². The molecule has 1 aromatic heterocycles. The summed E-state index contributed by atoms with van der Waals surface area (Å²) < 4.78 is 12.4. The van der Waals surface area contributed by atoms with Gasteiger partial charge in [-0.25, -0.2) is 0 Å². The van der Waals surface area contributed by atoms with Crippen molar-refractivity contribution in [1.29, 1.82) is 0 Å². The minimum atomic E-state index is -0.839. The molecule has 1 aromatic rings. The highest BCUT2D eigenvalue weighted by Crippen LogP contribution is 2.26. The predicted octanol–water partition coefficient (Wildman–Crippen LogP) is 2.49. The van der Waals surface area contributed by atoms with E-state index in [2.05, 4.69) is 15.9 Å². The van der Waals surface area contributed by atoms with Crippen molar-refractivity contribution in [2.24, 2.45) is 0 Å². The molecule has 1 amide bonds. The monoisotopic (exact) mass is 335 g/mol. The third-order valence-corrected chi connectivity index (χ3v) is 6.33. The Bertz CT molecular complexity index is 470. The fourth-order valence-electron chi connectivity index (χ4n) is 1.84. The number of thiophene rings is 1. The number of hydrogen-bond donors (Lipinski definition) is 0. The molecular formula is C11H14BrNO2S2. The molecule has 0 radical (unpaired) electrons. The molecule has 0 saturated carbocycles. The first-order valence-corrected chi connectivity index (χ1v) is 8.26. The zero-order valence-corrected chi connectivity index (χ0v) is 13.0. The van der Waals surface area contributed by atoms with Crippen LogP contribution < -0.4 is 0 Å². The SMILES string of the molecule is CC1(C)CN(C(=O)c2ccc(Br)s2)CC[S@]1=O. The van der Waals surface area contributed by atoms with Gasteiger partial charge in [-0.3, -0.25) is 9.00 Å². The Balaban J connectivity index is 2.14. The van der Waals surface area contributed by atoms with E-state index in [0.717, 1.165) is 8.66 Å². The van der Waals surface area contributed by atoms with Crippen molar-refractivity contribution in [3.8, 4) is 0 Å². The van der Waals surface area contributed by atoms with Gasteiger partial charge in [-0.1, -0.05) is 0 Å². The Kier molecular flexibility index (Phi) is 3.75. The molecule has 94 valence electrons. The van der Waals surface area contributed by atoms with E-state index < -0.39 is 10.8 Å². The van der Waals surface area contributed by atoms with Crippen LogP contribution in [0.3, 0.4) is 0 Å². The van der Waals surface area contributed by atoms with Crippen molar-refractivity contribution in [3.05, 3.63) is 20.8 Å². The predicted molar refractivity (Wildman–Crippen MR) is 75.0 cm³/mol.